The Balaban J connectivity index is 2.11. The topological polar surface area (TPSA) is 26.0 Å². The monoisotopic (exact) mass is 247 g/mol. The molecule has 0 aromatic heterocycles. The van der Waals surface area contributed by atoms with Crippen molar-refractivity contribution in [1.82, 2.24) is 0 Å². The molecule has 0 aliphatic heterocycles. The number of alkyl halides is 3. The summed E-state index contributed by atoms with van der Waals surface area (Å²) in [5.41, 5.74) is 2.54. The van der Waals surface area contributed by atoms with Crippen molar-refractivity contribution in [2.75, 3.05) is 6.54 Å². The second kappa shape index (κ2) is 3.96. The number of hydrogen-bond donors (Lipinski definition) is 1. The Morgan fingerprint density at radius 2 is 1.75 bits per heavy atom. The van der Waals surface area contributed by atoms with E-state index in [1.54, 1.807) is 12.1 Å². The maximum absolute atomic E-state index is 12.1. The van der Waals surface area contributed by atoms with Crippen molar-refractivity contribution in [2.45, 2.75) is 28.7 Å². The molecular weight excluding hydrogens is 235 g/mol. The number of benzene rings is 1. The van der Waals surface area contributed by atoms with E-state index in [2.05, 4.69) is 0 Å². The minimum Gasteiger partial charge on any atom is -0.330 e. The quantitative estimate of drug-likeness (QED) is 0.829. The lowest BCUT2D eigenvalue weighted by Crippen LogP contribution is -2.19. The van der Waals surface area contributed by atoms with Gasteiger partial charge in [-0.2, -0.15) is 13.2 Å². The van der Waals surface area contributed by atoms with Gasteiger partial charge in [-0.1, -0.05) is 12.1 Å². The summed E-state index contributed by atoms with van der Waals surface area (Å²) in [6, 6.07) is 6.55. The van der Waals surface area contributed by atoms with Gasteiger partial charge in [0.15, 0.2) is 0 Å². The zero-order chi connectivity index (χ0) is 11.8. The molecule has 1 aromatic rings. The van der Waals surface area contributed by atoms with Crippen LogP contribution in [0.25, 0.3) is 0 Å². The van der Waals surface area contributed by atoms with E-state index in [0.29, 0.717) is 6.54 Å². The van der Waals surface area contributed by atoms with Gasteiger partial charge in [0.05, 0.1) is 0 Å². The zero-order valence-electron chi connectivity index (χ0n) is 8.55. The van der Waals surface area contributed by atoms with Crippen molar-refractivity contribution < 1.29 is 13.2 Å². The summed E-state index contributed by atoms with van der Waals surface area (Å²) >= 11 is -0.0832. The van der Waals surface area contributed by atoms with E-state index in [-0.39, 0.29) is 22.1 Å². The van der Waals surface area contributed by atoms with Crippen LogP contribution in [0.5, 0.6) is 0 Å². The van der Waals surface area contributed by atoms with Gasteiger partial charge in [0.2, 0.25) is 0 Å². The van der Waals surface area contributed by atoms with E-state index < -0.39 is 5.51 Å². The zero-order valence-corrected chi connectivity index (χ0v) is 9.37. The third kappa shape index (κ3) is 2.52. The second-order valence-corrected chi connectivity index (χ2v) is 5.20. The van der Waals surface area contributed by atoms with E-state index in [1.165, 1.54) is 12.1 Å². The van der Waals surface area contributed by atoms with Crippen molar-refractivity contribution in [3.63, 3.8) is 0 Å². The Bertz CT molecular complexity index is 368. The highest BCUT2D eigenvalue weighted by Gasteiger charge is 2.42. The minimum absolute atomic E-state index is 0.0431. The Kier molecular flexibility index (Phi) is 2.92. The number of hydrogen-bond acceptors (Lipinski definition) is 2. The molecule has 0 atom stereocenters. The molecule has 88 valence electrons. The van der Waals surface area contributed by atoms with Crippen molar-refractivity contribution >= 4 is 11.8 Å². The van der Waals surface area contributed by atoms with Crippen LogP contribution in [-0.2, 0) is 5.41 Å². The van der Waals surface area contributed by atoms with Gasteiger partial charge in [0.1, 0.15) is 0 Å². The van der Waals surface area contributed by atoms with E-state index in [4.69, 9.17) is 5.73 Å². The molecule has 0 saturated heterocycles. The summed E-state index contributed by atoms with van der Waals surface area (Å²) in [7, 11) is 0. The first-order chi connectivity index (χ1) is 7.45. The third-order valence-corrected chi connectivity index (χ3v) is 3.68. The average Bonchev–Trinajstić information content (AvgIpc) is 2.97. The summed E-state index contributed by atoms with van der Waals surface area (Å²) in [4.78, 5) is 0.226. The molecule has 1 aliphatic carbocycles. The van der Waals surface area contributed by atoms with Gasteiger partial charge in [-0.05, 0) is 42.3 Å². The molecule has 1 nitrogen and oxygen atoms in total. The fourth-order valence-corrected chi connectivity index (χ4v) is 2.31. The summed E-state index contributed by atoms with van der Waals surface area (Å²) in [6.45, 7) is 0.568. The van der Waals surface area contributed by atoms with Gasteiger partial charge in [0.25, 0.3) is 0 Å². The molecule has 2 rings (SSSR count). The van der Waals surface area contributed by atoms with Crippen molar-refractivity contribution in [3.8, 4) is 0 Å². The molecule has 1 fully saturated rings. The molecule has 2 N–H and O–H groups in total. The van der Waals surface area contributed by atoms with Crippen LogP contribution in [0.2, 0.25) is 0 Å². The Hall–Kier alpha value is -0.680. The Morgan fingerprint density at radius 3 is 2.12 bits per heavy atom. The van der Waals surface area contributed by atoms with Crippen molar-refractivity contribution in [2.24, 2.45) is 5.73 Å². The van der Waals surface area contributed by atoms with Gasteiger partial charge in [-0.3, -0.25) is 0 Å². The molecule has 0 bridgehead atoms. The van der Waals surface area contributed by atoms with Crippen LogP contribution in [0.1, 0.15) is 18.4 Å². The number of rotatable bonds is 3. The van der Waals surface area contributed by atoms with Crippen molar-refractivity contribution in [1.29, 1.82) is 0 Å². The maximum atomic E-state index is 12.1. The van der Waals surface area contributed by atoms with E-state index in [1.807, 2.05) is 0 Å². The smallest absolute Gasteiger partial charge is 0.330 e. The lowest BCUT2D eigenvalue weighted by molar-refractivity contribution is -0.0328. The average molecular weight is 247 g/mol. The Morgan fingerprint density at radius 1 is 1.19 bits per heavy atom. The molecule has 0 radical (unpaired) electrons. The predicted octanol–water partition coefficient (Wildman–Crippen LogP) is 3.29. The molecular formula is C11H12F3NS. The van der Waals surface area contributed by atoms with Gasteiger partial charge in [0, 0.05) is 16.9 Å². The molecule has 1 aromatic carbocycles. The highest BCUT2D eigenvalue weighted by Crippen LogP contribution is 2.47. The number of nitrogens with two attached hydrogens (primary N) is 1. The van der Waals surface area contributed by atoms with Crippen LogP contribution in [0.15, 0.2) is 29.2 Å². The lowest BCUT2D eigenvalue weighted by atomic mass is 9.96. The largest absolute Gasteiger partial charge is 0.446 e. The molecule has 5 heteroatoms. The maximum Gasteiger partial charge on any atom is 0.446 e. The summed E-state index contributed by atoms with van der Waals surface area (Å²) in [6.07, 6.45) is 2.07. The van der Waals surface area contributed by atoms with Crippen LogP contribution < -0.4 is 5.73 Å². The Labute approximate surface area is 96.2 Å². The fourth-order valence-electron chi connectivity index (χ4n) is 1.77. The second-order valence-electron chi connectivity index (χ2n) is 4.06. The first-order valence-electron chi connectivity index (χ1n) is 5.02. The normalized spacial score (nSPS) is 18.5. The van der Waals surface area contributed by atoms with Crippen molar-refractivity contribution in [3.05, 3.63) is 29.8 Å². The first kappa shape index (κ1) is 11.8. The van der Waals surface area contributed by atoms with Crippen LogP contribution in [0, 0.1) is 0 Å². The molecule has 0 amide bonds. The predicted molar refractivity (Wildman–Crippen MR) is 58.3 cm³/mol. The van der Waals surface area contributed by atoms with Gasteiger partial charge in [-0.15, -0.1) is 0 Å². The molecule has 0 heterocycles. The summed E-state index contributed by atoms with van der Waals surface area (Å²) in [5.74, 6) is 0. The lowest BCUT2D eigenvalue weighted by Gasteiger charge is -2.13. The highest BCUT2D eigenvalue weighted by molar-refractivity contribution is 8.00. The third-order valence-electron chi connectivity index (χ3n) is 2.94. The molecule has 0 unspecified atom stereocenters. The van der Waals surface area contributed by atoms with Crippen LogP contribution in [0.3, 0.4) is 0 Å². The number of thioether (sulfide) groups is 1. The standard InChI is InChI=1S/C11H12F3NS/c12-11(13,14)16-9-3-1-8(2-4-9)10(7-15)5-6-10/h1-4H,5-7,15H2. The van der Waals surface area contributed by atoms with Crippen LogP contribution in [0.4, 0.5) is 13.2 Å². The van der Waals surface area contributed by atoms with E-state index >= 15 is 0 Å². The summed E-state index contributed by atoms with van der Waals surface area (Å²) < 4.78 is 36.3. The van der Waals surface area contributed by atoms with Crippen LogP contribution >= 0.6 is 11.8 Å². The SMILES string of the molecule is NCC1(c2ccc(SC(F)(F)F)cc2)CC1. The molecule has 0 spiro atoms. The fraction of sp³-hybridized carbons (Fsp3) is 0.455. The van der Waals surface area contributed by atoms with Gasteiger partial charge < -0.3 is 5.73 Å². The molecule has 1 saturated carbocycles. The van der Waals surface area contributed by atoms with E-state index in [0.717, 1.165) is 18.4 Å². The van der Waals surface area contributed by atoms with E-state index in [9.17, 15) is 13.2 Å². The van der Waals surface area contributed by atoms with Gasteiger partial charge >= 0.3 is 5.51 Å². The minimum atomic E-state index is -4.22. The van der Waals surface area contributed by atoms with Crippen LogP contribution in [-0.4, -0.2) is 12.1 Å². The summed E-state index contributed by atoms with van der Waals surface area (Å²) in [5, 5.41) is 0. The molecule has 1 aliphatic rings. The van der Waals surface area contributed by atoms with Gasteiger partial charge in [-0.25, -0.2) is 0 Å². The first-order valence-corrected chi connectivity index (χ1v) is 5.83. The number of halogens is 3. The molecule has 16 heavy (non-hydrogen) atoms. The highest BCUT2D eigenvalue weighted by atomic mass is 32.2.